The second-order valence-electron chi connectivity index (χ2n) is 5.31. The lowest BCUT2D eigenvalue weighted by Gasteiger charge is -2.24. The zero-order chi connectivity index (χ0) is 16.1. The summed E-state index contributed by atoms with van der Waals surface area (Å²) >= 11 is 11.0. The highest BCUT2D eigenvalue weighted by Gasteiger charge is 2.35. The van der Waals surface area contributed by atoms with Crippen LogP contribution < -0.4 is 10.3 Å². The van der Waals surface area contributed by atoms with Gasteiger partial charge in [0.2, 0.25) is 11.8 Å². The summed E-state index contributed by atoms with van der Waals surface area (Å²) in [5.41, 5.74) is 2.77. The standard InChI is InChI=1S/C15H11ClN4O2S/c1-6-9-10(7-2-4-8(16)5-3-7)11-12(21)17-15(23)18-13(11)22-14(9)20-19-6/h2-5,10H,1H3,(H,19,20)(H2,17,18,21,23). The van der Waals surface area contributed by atoms with Crippen molar-refractivity contribution in [3.63, 3.8) is 0 Å². The number of H-pyrrole nitrogens is 3. The van der Waals surface area contributed by atoms with E-state index in [1.165, 1.54) is 0 Å². The molecule has 6 nitrogen and oxygen atoms in total. The fourth-order valence-electron chi connectivity index (χ4n) is 2.88. The fraction of sp³-hybridized carbons (Fsp3) is 0.133. The van der Waals surface area contributed by atoms with Gasteiger partial charge >= 0.3 is 0 Å². The van der Waals surface area contributed by atoms with Crippen molar-refractivity contribution in [2.45, 2.75) is 12.8 Å². The van der Waals surface area contributed by atoms with Crippen molar-refractivity contribution in [2.75, 3.05) is 0 Å². The zero-order valence-corrected chi connectivity index (χ0v) is 13.5. The molecule has 1 aliphatic rings. The van der Waals surface area contributed by atoms with E-state index >= 15 is 0 Å². The van der Waals surface area contributed by atoms with E-state index in [0.29, 0.717) is 22.3 Å². The summed E-state index contributed by atoms with van der Waals surface area (Å²) in [7, 11) is 0. The number of nitrogens with one attached hydrogen (secondary N) is 3. The Labute approximate surface area is 140 Å². The number of ether oxygens (including phenoxy) is 1. The van der Waals surface area contributed by atoms with E-state index in [9.17, 15) is 4.79 Å². The average Bonchev–Trinajstić information content (AvgIpc) is 2.87. The van der Waals surface area contributed by atoms with Crippen molar-refractivity contribution < 1.29 is 4.74 Å². The van der Waals surface area contributed by atoms with Crippen LogP contribution in [0.2, 0.25) is 5.02 Å². The zero-order valence-electron chi connectivity index (χ0n) is 11.9. The Hall–Kier alpha value is -2.38. The van der Waals surface area contributed by atoms with Gasteiger partial charge in [-0.2, -0.15) is 0 Å². The molecule has 1 atom stereocenters. The molecule has 23 heavy (non-hydrogen) atoms. The Kier molecular flexibility index (Phi) is 3.14. The van der Waals surface area contributed by atoms with Gasteiger partial charge in [-0.25, -0.2) is 0 Å². The van der Waals surface area contributed by atoms with E-state index in [-0.39, 0.29) is 16.2 Å². The van der Waals surface area contributed by atoms with E-state index < -0.39 is 0 Å². The molecule has 0 spiro atoms. The smallest absolute Gasteiger partial charge is 0.259 e. The molecule has 0 aliphatic carbocycles. The SMILES string of the molecule is Cc1[nH]nc2c1C(c1ccc(Cl)cc1)c1c([nH]c(=S)[nH]c1=O)O2. The first-order valence-corrected chi connectivity index (χ1v) is 7.68. The highest BCUT2D eigenvalue weighted by molar-refractivity contribution is 7.71. The maximum absolute atomic E-state index is 12.5. The van der Waals surface area contributed by atoms with Crippen LogP contribution in [0, 0.1) is 11.7 Å². The van der Waals surface area contributed by atoms with Crippen LogP contribution >= 0.6 is 23.8 Å². The van der Waals surface area contributed by atoms with Gasteiger partial charge in [-0.3, -0.25) is 14.9 Å². The summed E-state index contributed by atoms with van der Waals surface area (Å²) in [6, 6.07) is 7.36. The molecule has 8 heteroatoms. The molecule has 1 aliphatic heterocycles. The topological polar surface area (TPSA) is 86.6 Å². The highest BCUT2D eigenvalue weighted by Crippen LogP contribution is 2.45. The minimum atomic E-state index is -0.319. The number of fused-ring (bicyclic) bond motifs is 2. The van der Waals surface area contributed by atoms with Crippen LogP contribution in [0.5, 0.6) is 11.8 Å². The number of nitrogens with zero attached hydrogens (tertiary/aromatic N) is 1. The highest BCUT2D eigenvalue weighted by atomic mass is 35.5. The Balaban J connectivity index is 2.04. The lowest BCUT2D eigenvalue weighted by Crippen LogP contribution is -2.24. The van der Waals surface area contributed by atoms with Crippen molar-refractivity contribution in [2.24, 2.45) is 0 Å². The van der Waals surface area contributed by atoms with E-state index in [4.69, 9.17) is 28.6 Å². The van der Waals surface area contributed by atoms with Crippen molar-refractivity contribution >= 4 is 23.8 Å². The largest absolute Gasteiger partial charge is 0.420 e. The van der Waals surface area contributed by atoms with Crippen molar-refractivity contribution in [3.8, 4) is 11.8 Å². The molecule has 4 rings (SSSR count). The number of hydrogen-bond donors (Lipinski definition) is 3. The molecule has 2 aromatic heterocycles. The molecule has 0 fully saturated rings. The van der Waals surface area contributed by atoms with Crippen LogP contribution in [-0.4, -0.2) is 20.2 Å². The number of aromatic nitrogens is 4. The third-order valence-corrected chi connectivity index (χ3v) is 4.34. The Bertz CT molecular complexity index is 1020. The Morgan fingerprint density at radius 3 is 2.70 bits per heavy atom. The first-order valence-electron chi connectivity index (χ1n) is 6.89. The van der Waals surface area contributed by atoms with Gasteiger partial charge in [-0.1, -0.05) is 23.7 Å². The minimum absolute atomic E-state index is 0.208. The number of hydrogen-bond acceptors (Lipinski definition) is 4. The molecule has 3 heterocycles. The van der Waals surface area contributed by atoms with Crippen molar-refractivity contribution in [3.05, 3.63) is 66.8 Å². The monoisotopic (exact) mass is 346 g/mol. The van der Waals surface area contributed by atoms with Crippen LogP contribution in [0.15, 0.2) is 29.1 Å². The molecule has 116 valence electrons. The van der Waals surface area contributed by atoms with E-state index in [2.05, 4.69) is 20.2 Å². The average molecular weight is 347 g/mol. The number of aryl methyl sites for hydroxylation is 1. The molecule has 0 bridgehead atoms. The third kappa shape index (κ3) is 2.20. The molecule has 1 unspecified atom stereocenters. The molecular weight excluding hydrogens is 336 g/mol. The molecule has 0 amide bonds. The van der Waals surface area contributed by atoms with Gasteiger partial charge in [-0.15, -0.1) is 5.10 Å². The van der Waals surface area contributed by atoms with E-state index in [0.717, 1.165) is 16.8 Å². The van der Waals surface area contributed by atoms with Crippen LogP contribution in [-0.2, 0) is 0 Å². The van der Waals surface area contributed by atoms with Gasteiger partial charge < -0.3 is 9.72 Å². The van der Waals surface area contributed by atoms with Gasteiger partial charge in [0.15, 0.2) is 4.77 Å². The molecule has 3 aromatic rings. The maximum atomic E-state index is 12.5. The maximum Gasteiger partial charge on any atom is 0.259 e. The van der Waals surface area contributed by atoms with Gasteiger partial charge in [0, 0.05) is 16.3 Å². The van der Waals surface area contributed by atoms with Gasteiger partial charge in [0.25, 0.3) is 5.56 Å². The lowest BCUT2D eigenvalue weighted by molar-refractivity contribution is 0.413. The van der Waals surface area contributed by atoms with Crippen LogP contribution in [0.1, 0.15) is 28.3 Å². The Morgan fingerprint density at radius 2 is 1.96 bits per heavy atom. The molecule has 3 N–H and O–H groups in total. The predicted octanol–water partition coefficient (Wildman–Crippen LogP) is 3.40. The summed E-state index contributed by atoms with van der Waals surface area (Å²) in [6.45, 7) is 1.89. The van der Waals surface area contributed by atoms with Gasteiger partial charge in [0.1, 0.15) is 0 Å². The third-order valence-electron chi connectivity index (χ3n) is 3.88. The minimum Gasteiger partial charge on any atom is -0.420 e. The first kappa shape index (κ1) is 14.2. The predicted molar refractivity (Wildman–Crippen MR) is 88.0 cm³/mol. The van der Waals surface area contributed by atoms with Crippen LogP contribution in [0.4, 0.5) is 0 Å². The van der Waals surface area contributed by atoms with Gasteiger partial charge in [-0.05, 0) is 36.8 Å². The summed E-state index contributed by atoms with van der Waals surface area (Å²) in [4.78, 5) is 18.0. The van der Waals surface area contributed by atoms with Gasteiger partial charge in [0.05, 0.1) is 11.5 Å². The normalized spacial score (nSPS) is 15.7. The molecule has 1 aromatic carbocycles. The van der Waals surface area contributed by atoms with Crippen molar-refractivity contribution in [1.29, 1.82) is 0 Å². The number of aromatic amines is 3. The summed E-state index contributed by atoms with van der Waals surface area (Å²) < 4.78 is 5.93. The summed E-state index contributed by atoms with van der Waals surface area (Å²) in [5, 5.41) is 7.71. The number of benzene rings is 1. The molecule has 0 saturated heterocycles. The number of halogens is 1. The second-order valence-corrected chi connectivity index (χ2v) is 6.15. The first-order chi connectivity index (χ1) is 11.0. The fourth-order valence-corrected chi connectivity index (χ4v) is 3.19. The summed E-state index contributed by atoms with van der Waals surface area (Å²) in [5.74, 6) is 0.435. The van der Waals surface area contributed by atoms with E-state index in [1.807, 2.05) is 19.1 Å². The molecule has 0 saturated carbocycles. The summed E-state index contributed by atoms with van der Waals surface area (Å²) in [6.07, 6.45) is 0. The quantitative estimate of drug-likeness (QED) is 0.461. The Morgan fingerprint density at radius 1 is 1.22 bits per heavy atom. The van der Waals surface area contributed by atoms with E-state index in [1.54, 1.807) is 12.1 Å². The molecule has 0 radical (unpaired) electrons. The lowest BCUT2D eigenvalue weighted by atomic mass is 9.85. The second kappa shape index (κ2) is 5.07. The number of rotatable bonds is 1. The van der Waals surface area contributed by atoms with Crippen LogP contribution in [0.3, 0.4) is 0 Å². The van der Waals surface area contributed by atoms with Crippen molar-refractivity contribution in [1.82, 2.24) is 20.2 Å². The van der Waals surface area contributed by atoms with Crippen LogP contribution in [0.25, 0.3) is 0 Å². The molecular formula is C15H11ClN4O2S.